The molecular weight excluding hydrogens is 368 g/mol. The Kier molecular flexibility index (Phi) is 4.33. The number of benzene rings is 1. The molecule has 29 heavy (non-hydrogen) atoms. The first kappa shape index (κ1) is 18.2. The van der Waals surface area contributed by atoms with Crippen molar-refractivity contribution in [2.75, 3.05) is 19.6 Å². The second-order valence-electron chi connectivity index (χ2n) is 8.50. The molecule has 2 N–H and O–H groups in total. The van der Waals surface area contributed by atoms with Gasteiger partial charge in [-0.1, -0.05) is 12.1 Å². The maximum atomic E-state index is 13.0. The number of rotatable bonds is 3. The highest BCUT2D eigenvalue weighted by Crippen LogP contribution is 2.45. The molecule has 2 amide bonds. The minimum atomic E-state index is -0.386. The molecule has 0 bridgehead atoms. The number of aromatic nitrogens is 2. The summed E-state index contributed by atoms with van der Waals surface area (Å²) in [5.74, 6) is 0.737. The monoisotopic (exact) mass is 394 g/mol. The number of nitrogens with zero attached hydrogens (tertiary/aromatic N) is 3. The Morgan fingerprint density at radius 3 is 2.55 bits per heavy atom. The van der Waals surface area contributed by atoms with Crippen molar-refractivity contribution in [3.8, 4) is 5.75 Å². The molecule has 2 aromatic rings. The number of phenolic OH excluding ortho intramolecular Hbond substituents is 1. The van der Waals surface area contributed by atoms with Crippen molar-refractivity contribution in [2.45, 2.75) is 44.1 Å². The summed E-state index contributed by atoms with van der Waals surface area (Å²) in [6, 6.07) is 6.78. The number of phenols is 1. The molecule has 1 saturated carbocycles. The van der Waals surface area contributed by atoms with Crippen molar-refractivity contribution in [3.63, 3.8) is 0 Å². The summed E-state index contributed by atoms with van der Waals surface area (Å²) in [6.07, 6.45) is 6.33. The van der Waals surface area contributed by atoms with Crippen LogP contribution in [-0.2, 0) is 28.0 Å². The minimum Gasteiger partial charge on any atom is -0.508 e. The minimum absolute atomic E-state index is 0.0867. The molecule has 1 aromatic heterocycles. The van der Waals surface area contributed by atoms with E-state index < -0.39 is 0 Å². The Hall–Kier alpha value is -2.83. The number of fused-ring (bicyclic) bond motifs is 2. The zero-order chi connectivity index (χ0) is 20.0. The maximum absolute atomic E-state index is 13.0. The van der Waals surface area contributed by atoms with Crippen LogP contribution in [0.1, 0.15) is 42.6 Å². The first-order chi connectivity index (χ1) is 14.1. The number of piperidine rings is 1. The molecule has 3 aliphatic rings. The molecule has 1 saturated heterocycles. The number of H-pyrrole nitrogens is 1. The van der Waals surface area contributed by atoms with Gasteiger partial charge in [-0.05, 0) is 43.4 Å². The fourth-order valence-electron chi connectivity index (χ4n) is 4.88. The van der Waals surface area contributed by atoms with Crippen LogP contribution in [0.4, 0.5) is 0 Å². The van der Waals surface area contributed by atoms with E-state index in [1.807, 2.05) is 4.90 Å². The zero-order valence-corrected chi connectivity index (χ0v) is 16.4. The van der Waals surface area contributed by atoms with Crippen LogP contribution in [0.25, 0.3) is 0 Å². The van der Waals surface area contributed by atoms with E-state index in [-0.39, 0.29) is 29.0 Å². The molecule has 2 fully saturated rings. The third-order valence-corrected chi connectivity index (χ3v) is 6.69. The molecule has 0 unspecified atom stereocenters. The first-order valence-electron chi connectivity index (χ1n) is 10.5. The second-order valence-corrected chi connectivity index (χ2v) is 8.50. The van der Waals surface area contributed by atoms with E-state index in [0.29, 0.717) is 19.5 Å². The van der Waals surface area contributed by atoms with E-state index in [1.165, 1.54) is 0 Å². The summed E-state index contributed by atoms with van der Waals surface area (Å²) >= 11 is 0. The lowest BCUT2D eigenvalue weighted by atomic mass is 9.78. The Labute approximate surface area is 169 Å². The molecule has 1 aliphatic carbocycles. The number of amides is 2. The number of aromatic hydroxyl groups is 1. The van der Waals surface area contributed by atoms with Crippen LogP contribution in [0.3, 0.4) is 0 Å². The summed E-state index contributed by atoms with van der Waals surface area (Å²) in [7, 11) is 0. The van der Waals surface area contributed by atoms with Crippen molar-refractivity contribution in [1.82, 2.24) is 19.8 Å². The molecule has 7 nitrogen and oxygen atoms in total. The average Bonchev–Trinajstić information content (AvgIpc) is 3.47. The van der Waals surface area contributed by atoms with Gasteiger partial charge in [0.05, 0.1) is 24.0 Å². The Morgan fingerprint density at radius 1 is 1.14 bits per heavy atom. The molecular formula is C22H26N4O3. The van der Waals surface area contributed by atoms with Gasteiger partial charge in [-0.3, -0.25) is 9.59 Å². The van der Waals surface area contributed by atoms with E-state index in [2.05, 4.69) is 14.9 Å². The summed E-state index contributed by atoms with van der Waals surface area (Å²) in [5, 5.41) is 9.42. The third kappa shape index (κ3) is 3.18. The fraction of sp³-hybridized carbons (Fsp3) is 0.500. The van der Waals surface area contributed by atoms with Gasteiger partial charge in [-0.25, -0.2) is 4.98 Å². The Balaban J connectivity index is 1.33. The van der Waals surface area contributed by atoms with Gasteiger partial charge in [0.25, 0.3) is 0 Å². The van der Waals surface area contributed by atoms with E-state index in [9.17, 15) is 14.7 Å². The van der Waals surface area contributed by atoms with Crippen molar-refractivity contribution >= 4 is 11.8 Å². The predicted octanol–water partition coefficient (Wildman–Crippen LogP) is 1.97. The molecule has 0 radical (unpaired) electrons. The normalized spacial score (nSPS) is 20.6. The van der Waals surface area contributed by atoms with E-state index in [0.717, 1.165) is 55.6 Å². The lowest BCUT2D eigenvalue weighted by Crippen LogP contribution is -2.59. The quantitative estimate of drug-likeness (QED) is 0.833. The smallest absolute Gasteiger partial charge is 0.226 e. The van der Waals surface area contributed by atoms with Gasteiger partial charge in [0.15, 0.2) is 0 Å². The number of carbonyl (C=O) groups is 2. The number of nitrogens with one attached hydrogen (secondary N) is 1. The van der Waals surface area contributed by atoms with Crippen LogP contribution < -0.4 is 0 Å². The van der Waals surface area contributed by atoms with Gasteiger partial charge in [-0.2, -0.15) is 0 Å². The van der Waals surface area contributed by atoms with Crippen molar-refractivity contribution < 1.29 is 14.7 Å². The lowest BCUT2D eigenvalue weighted by Gasteiger charge is -2.50. The fourth-order valence-corrected chi connectivity index (χ4v) is 4.88. The predicted molar refractivity (Wildman–Crippen MR) is 106 cm³/mol. The Bertz CT molecular complexity index is 924. The van der Waals surface area contributed by atoms with Crippen molar-refractivity contribution in [3.05, 3.63) is 47.5 Å². The topological polar surface area (TPSA) is 89.5 Å². The third-order valence-electron chi connectivity index (χ3n) is 6.69. The van der Waals surface area contributed by atoms with E-state index in [1.54, 1.807) is 30.6 Å². The zero-order valence-electron chi connectivity index (χ0n) is 16.4. The maximum Gasteiger partial charge on any atom is 0.226 e. The molecule has 152 valence electrons. The van der Waals surface area contributed by atoms with Gasteiger partial charge >= 0.3 is 0 Å². The van der Waals surface area contributed by atoms with Crippen LogP contribution in [-0.4, -0.2) is 56.3 Å². The van der Waals surface area contributed by atoms with Gasteiger partial charge in [-0.15, -0.1) is 0 Å². The molecule has 3 heterocycles. The van der Waals surface area contributed by atoms with Crippen LogP contribution in [0.15, 0.2) is 30.6 Å². The Morgan fingerprint density at radius 2 is 1.86 bits per heavy atom. The van der Waals surface area contributed by atoms with Gasteiger partial charge in [0.1, 0.15) is 5.75 Å². The van der Waals surface area contributed by atoms with Crippen molar-refractivity contribution in [2.24, 2.45) is 5.92 Å². The number of likely N-dealkylation sites (tertiary alicyclic amines) is 1. The lowest BCUT2D eigenvalue weighted by molar-refractivity contribution is -0.145. The molecule has 0 atom stereocenters. The molecule has 1 aromatic carbocycles. The van der Waals surface area contributed by atoms with E-state index >= 15 is 0 Å². The van der Waals surface area contributed by atoms with E-state index in [4.69, 9.17) is 0 Å². The van der Waals surface area contributed by atoms with Crippen LogP contribution in [0, 0.1) is 5.92 Å². The first-order valence-corrected chi connectivity index (χ1v) is 10.5. The number of hydrogen-bond donors (Lipinski definition) is 2. The van der Waals surface area contributed by atoms with Crippen LogP contribution in [0.5, 0.6) is 5.75 Å². The van der Waals surface area contributed by atoms with Gasteiger partial charge in [0.2, 0.25) is 11.8 Å². The highest BCUT2D eigenvalue weighted by Gasteiger charge is 2.51. The molecule has 5 rings (SSSR count). The largest absolute Gasteiger partial charge is 0.508 e. The summed E-state index contributed by atoms with van der Waals surface area (Å²) in [4.78, 5) is 37.7. The summed E-state index contributed by atoms with van der Waals surface area (Å²) in [5.41, 5.74) is 2.64. The second kappa shape index (κ2) is 6.90. The number of imidazole rings is 1. The molecule has 1 spiro atoms. The van der Waals surface area contributed by atoms with Crippen LogP contribution in [0.2, 0.25) is 0 Å². The molecule has 2 aliphatic heterocycles. The summed E-state index contributed by atoms with van der Waals surface area (Å²) < 4.78 is 0. The highest BCUT2D eigenvalue weighted by atomic mass is 16.3. The van der Waals surface area contributed by atoms with Crippen LogP contribution >= 0.6 is 0 Å². The van der Waals surface area contributed by atoms with Gasteiger partial charge in [0, 0.05) is 37.7 Å². The summed E-state index contributed by atoms with van der Waals surface area (Å²) in [6.45, 7) is 1.97. The van der Waals surface area contributed by atoms with Gasteiger partial charge < -0.3 is 19.9 Å². The number of hydrogen-bond acceptors (Lipinski definition) is 4. The standard InChI is InChI=1S/C22H26N4O3/c27-17-5-1-15(2-6-17)13-19(28)25-11-8-22(9-12-25)20-18(23-14-24-20)7-10-26(22)21(29)16-3-4-16/h1-2,5-6,14,16,27H,3-4,7-13H2,(H,23,24). The van der Waals surface area contributed by atoms with Crippen molar-refractivity contribution in [1.29, 1.82) is 0 Å². The highest BCUT2D eigenvalue weighted by molar-refractivity contribution is 5.82. The number of aromatic amines is 1. The average molecular weight is 394 g/mol. The number of carbonyl (C=O) groups excluding carboxylic acids is 2. The molecule has 7 heteroatoms. The SMILES string of the molecule is O=C(Cc1ccc(O)cc1)N1CCC2(CC1)c1nc[nH]c1CCN2C(=O)C1CC1.